The maximum absolute atomic E-state index is 12.0. The molecule has 0 aromatic carbocycles. The highest BCUT2D eigenvalue weighted by molar-refractivity contribution is 5.78. The van der Waals surface area contributed by atoms with Gasteiger partial charge in [-0.1, -0.05) is 0 Å². The molecule has 1 spiro atoms. The van der Waals surface area contributed by atoms with Crippen molar-refractivity contribution >= 4 is 11.8 Å². The fraction of sp³-hybridized carbons (Fsp3) is 0.875. The number of amides is 2. The molecule has 0 aromatic heterocycles. The number of nitrogens with zero attached hydrogens (tertiary/aromatic N) is 2. The van der Waals surface area contributed by atoms with Crippen LogP contribution in [-0.4, -0.2) is 86.4 Å². The predicted octanol–water partition coefficient (Wildman–Crippen LogP) is 0.0318. The molecule has 7 nitrogen and oxygen atoms in total. The monoisotopic (exact) mass is 326 g/mol. The van der Waals surface area contributed by atoms with Gasteiger partial charge in [0.1, 0.15) is 18.8 Å². The summed E-state index contributed by atoms with van der Waals surface area (Å²) in [5.41, 5.74) is -0.289. The highest BCUT2D eigenvalue weighted by atomic mass is 16.5. The van der Waals surface area contributed by atoms with E-state index >= 15 is 0 Å². The maximum Gasteiger partial charge on any atom is 0.248 e. The minimum Gasteiger partial charge on any atom is -0.375 e. The zero-order valence-corrected chi connectivity index (χ0v) is 13.8. The van der Waals surface area contributed by atoms with Gasteiger partial charge in [0.15, 0.2) is 0 Å². The lowest BCUT2D eigenvalue weighted by Gasteiger charge is -2.52. The molecule has 0 bridgehead atoms. The third-order valence-corrected chi connectivity index (χ3v) is 4.93. The minimum absolute atomic E-state index is 0.00558. The molecule has 2 amide bonds. The van der Waals surface area contributed by atoms with Crippen molar-refractivity contribution in [3.05, 3.63) is 0 Å². The van der Waals surface area contributed by atoms with Crippen LogP contribution < -0.4 is 0 Å². The predicted molar refractivity (Wildman–Crippen MR) is 81.9 cm³/mol. The zero-order valence-electron chi connectivity index (χ0n) is 13.8. The first-order valence-corrected chi connectivity index (χ1v) is 8.42. The second-order valence-electron chi connectivity index (χ2n) is 6.73. The largest absolute Gasteiger partial charge is 0.375 e. The molecule has 130 valence electrons. The number of carbonyl (C=O) groups is 2. The van der Waals surface area contributed by atoms with Gasteiger partial charge in [-0.25, -0.2) is 0 Å². The molecule has 23 heavy (non-hydrogen) atoms. The molecule has 0 aliphatic carbocycles. The van der Waals surface area contributed by atoms with Gasteiger partial charge < -0.3 is 24.0 Å². The number of methoxy groups -OCH3 is 1. The van der Waals surface area contributed by atoms with Crippen molar-refractivity contribution in [1.29, 1.82) is 0 Å². The molecule has 1 atom stereocenters. The molecule has 3 heterocycles. The lowest BCUT2D eigenvalue weighted by atomic mass is 9.84. The average molecular weight is 326 g/mol. The van der Waals surface area contributed by atoms with E-state index in [1.54, 1.807) is 4.90 Å². The summed E-state index contributed by atoms with van der Waals surface area (Å²) in [7, 11) is 1.52. The van der Waals surface area contributed by atoms with E-state index in [1.165, 1.54) is 7.11 Å². The number of ether oxygens (including phenoxy) is 3. The summed E-state index contributed by atoms with van der Waals surface area (Å²) in [6, 6.07) is 0. The first kappa shape index (κ1) is 16.7. The Balaban J connectivity index is 1.42. The lowest BCUT2D eigenvalue weighted by molar-refractivity contribution is -0.203. The van der Waals surface area contributed by atoms with Gasteiger partial charge in [0.05, 0.1) is 19.2 Å². The molecule has 0 N–H and O–H groups in total. The van der Waals surface area contributed by atoms with Crippen LogP contribution in [0.15, 0.2) is 0 Å². The van der Waals surface area contributed by atoms with Crippen molar-refractivity contribution in [2.45, 2.75) is 37.4 Å². The first-order chi connectivity index (χ1) is 11.1. The van der Waals surface area contributed by atoms with Crippen LogP contribution in [0.4, 0.5) is 0 Å². The SMILES string of the molecule is COCC(=O)N1CC2(C[C@@H](OCC(=O)N3CCCC3)CCO2)C1. The Morgan fingerprint density at radius 1 is 1.13 bits per heavy atom. The molecule has 0 unspecified atom stereocenters. The van der Waals surface area contributed by atoms with E-state index in [1.807, 2.05) is 4.90 Å². The van der Waals surface area contributed by atoms with Crippen LogP contribution >= 0.6 is 0 Å². The number of likely N-dealkylation sites (tertiary alicyclic amines) is 2. The van der Waals surface area contributed by atoms with E-state index in [0.29, 0.717) is 19.7 Å². The maximum atomic E-state index is 12.0. The van der Waals surface area contributed by atoms with Crippen molar-refractivity contribution in [1.82, 2.24) is 9.80 Å². The van der Waals surface area contributed by atoms with Gasteiger partial charge in [0.25, 0.3) is 0 Å². The van der Waals surface area contributed by atoms with E-state index in [2.05, 4.69) is 0 Å². The van der Waals surface area contributed by atoms with Crippen LogP contribution in [0, 0.1) is 0 Å². The summed E-state index contributed by atoms with van der Waals surface area (Å²) in [6.07, 6.45) is 3.78. The van der Waals surface area contributed by atoms with Gasteiger partial charge in [0.2, 0.25) is 11.8 Å². The summed E-state index contributed by atoms with van der Waals surface area (Å²) < 4.78 is 16.6. The van der Waals surface area contributed by atoms with E-state index in [4.69, 9.17) is 14.2 Å². The second kappa shape index (κ2) is 7.15. The normalized spacial score (nSPS) is 26.4. The van der Waals surface area contributed by atoms with Gasteiger partial charge in [-0.15, -0.1) is 0 Å². The van der Waals surface area contributed by atoms with Gasteiger partial charge in [0, 0.05) is 33.2 Å². The summed E-state index contributed by atoms with van der Waals surface area (Å²) in [5, 5.41) is 0. The Kier molecular flexibility index (Phi) is 5.18. The van der Waals surface area contributed by atoms with E-state index in [0.717, 1.165) is 38.8 Å². The summed E-state index contributed by atoms with van der Waals surface area (Å²) >= 11 is 0. The topological polar surface area (TPSA) is 68.3 Å². The van der Waals surface area contributed by atoms with Crippen LogP contribution in [0.1, 0.15) is 25.7 Å². The molecule has 3 aliphatic heterocycles. The Morgan fingerprint density at radius 2 is 1.83 bits per heavy atom. The van der Waals surface area contributed by atoms with Gasteiger partial charge in [-0.3, -0.25) is 9.59 Å². The van der Waals surface area contributed by atoms with Gasteiger partial charge in [-0.05, 0) is 19.3 Å². The second-order valence-corrected chi connectivity index (χ2v) is 6.73. The number of hydrogen-bond donors (Lipinski definition) is 0. The molecule has 0 aromatic rings. The summed E-state index contributed by atoms with van der Waals surface area (Å²) in [4.78, 5) is 27.4. The van der Waals surface area contributed by atoms with Crippen molar-refractivity contribution in [2.75, 3.05) is 53.1 Å². The van der Waals surface area contributed by atoms with Crippen LogP contribution in [0.3, 0.4) is 0 Å². The molecule has 3 fully saturated rings. The van der Waals surface area contributed by atoms with Gasteiger partial charge in [-0.2, -0.15) is 0 Å². The number of rotatable bonds is 5. The molecule has 3 aliphatic rings. The molecule has 7 heteroatoms. The third kappa shape index (κ3) is 3.84. The fourth-order valence-corrected chi connectivity index (χ4v) is 3.63. The lowest BCUT2D eigenvalue weighted by Crippen LogP contribution is -2.67. The Labute approximate surface area is 136 Å². The van der Waals surface area contributed by atoms with Crippen LogP contribution in [0.25, 0.3) is 0 Å². The third-order valence-electron chi connectivity index (χ3n) is 4.93. The van der Waals surface area contributed by atoms with Crippen molar-refractivity contribution in [2.24, 2.45) is 0 Å². The smallest absolute Gasteiger partial charge is 0.248 e. The molecule has 0 radical (unpaired) electrons. The van der Waals surface area contributed by atoms with Crippen LogP contribution in [0.5, 0.6) is 0 Å². The summed E-state index contributed by atoms with van der Waals surface area (Å²) in [5.74, 6) is 0.0857. The molecule has 0 saturated carbocycles. The minimum atomic E-state index is -0.289. The van der Waals surface area contributed by atoms with Crippen LogP contribution in [-0.2, 0) is 23.8 Å². The fourth-order valence-electron chi connectivity index (χ4n) is 3.63. The van der Waals surface area contributed by atoms with Crippen molar-refractivity contribution in [3.63, 3.8) is 0 Å². The zero-order chi connectivity index (χ0) is 16.3. The Morgan fingerprint density at radius 3 is 2.52 bits per heavy atom. The van der Waals surface area contributed by atoms with E-state index in [-0.39, 0.29) is 36.7 Å². The van der Waals surface area contributed by atoms with Gasteiger partial charge >= 0.3 is 0 Å². The van der Waals surface area contributed by atoms with E-state index < -0.39 is 0 Å². The molecular formula is C16H26N2O5. The number of carbonyl (C=O) groups excluding carboxylic acids is 2. The van der Waals surface area contributed by atoms with Crippen molar-refractivity contribution < 1.29 is 23.8 Å². The first-order valence-electron chi connectivity index (χ1n) is 8.42. The number of hydrogen-bond acceptors (Lipinski definition) is 5. The van der Waals surface area contributed by atoms with Crippen molar-refractivity contribution in [3.8, 4) is 0 Å². The molecule has 3 saturated heterocycles. The summed E-state index contributed by atoms with van der Waals surface area (Å²) in [6.45, 7) is 3.79. The van der Waals surface area contributed by atoms with E-state index in [9.17, 15) is 9.59 Å². The Hall–Kier alpha value is -1.18. The molecular weight excluding hydrogens is 300 g/mol. The highest BCUT2D eigenvalue weighted by Crippen LogP contribution is 2.35. The Bertz CT molecular complexity index is 444. The molecule has 3 rings (SSSR count). The standard InChI is InChI=1S/C16H26N2O5/c1-21-9-14(19)18-11-16(12-18)8-13(4-7-23-16)22-10-15(20)17-5-2-3-6-17/h13H,2-12H2,1H3/t13-/m0/s1. The average Bonchev–Trinajstić information content (AvgIpc) is 3.05. The quantitative estimate of drug-likeness (QED) is 0.713. The van der Waals surface area contributed by atoms with Crippen LogP contribution in [0.2, 0.25) is 0 Å². The highest BCUT2D eigenvalue weighted by Gasteiger charge is 2.49.